The van der Waals surface area contributed by atoms with E-state index in [1.54, 1.807) is 4.90 Å². The van der Waals surface area contributed by atoms with Crippen LogP contribution in [0.1, 0.15) is 69.7 Å². The fourth-order valence-electron chi connectivity index (χ4n) is 3.28. The lowest BCUT2D eigenvalue weighted by Crippen LogP contribution is -2.41. The Labute approximate surface area is 194 Å². The first kappa shape index (κ1) is 28.4. The van der Waals surface area contributed by atoms with Gasteiger partial charge in [-0.05, 0) is 72.9 Å². The Morgan fingerprint density at radius 1 is 0.968 bits per heavy atom. The normalized spacial score (nSPS) is 9.77. The second kappa shape index (κ2) is 13.0. The largest absolute Gasteiger partial charge is 0.398 e. The summed E-state index contributed by atoms with van der Waals surface area (Å²) in [7, 11) is 3.96. The highest BCUT2D eigenvalue weighted by molar-refractivity contribution is 7.80. The molecule has 31 heavy (non-hydrogen) atoms. The molecule has 172 valence electrons. The second-order valence-electron chi connectivity index (χ2n) is 7.34. The smallest absolute Gasteiger partial charge is 0.176 e. The molecule has 0 aromatic heterocycles. The van der Waals surface area contributed by atoms with E-state index in [1.807, 2.05) is 90.9 Å². The molecular formula is C25H41N5S. The number of anilines is 3. The number of nitrogens with two attached hydrogens (primary N) is 2. The van der Waals surface area contributed by atoms with Gasteiger partial charge < -0.3 is 16.4 Å². The number of nitrogens with one attached hydrogen (secondary N) is 1. The van der Waals surface area contributed by atoms with Gasteiger partial charge in [-0.2, -0.15) is 0 Å². The minimum absolute atomic E-state index is 0.111. The van der Waals surface area contributed by atoms with Crippen molar-refractivity contribution >= 4 is 40.2 Å². The first-order chi connectivity index (χ1) is 14.5. The molecule has 0 fully saturated rings. The molecule has 0 saturated carbocycles. The Morgan fingerprint density at radius 2 is 1.52 bits per heavy atom. The number of nitrogen functional groups attached to an aromatic ring is 1. The first-order valence-corrected chi connectivity index (χ1v) is 11.3. The zero-order chi connectivity index (χ0) is 24.5. The fourth-order valence-corrected chi connectivity index (χ4v) is 3.48. The molecule has 0 bridgehead atoms. The molecule has 2 rings (SSSR count). The van der Waals surface area contributed by atoms with Gasteiger partial charge in [0.1, 0.15) is 5.84 Å². The van der Waals surface area contributed by atoms with Gasteiger partial charge in [-0.3, -0.25) is 10.3 Å². The molecule has 0 saturated heterocycles. The lowest BCUT2D eigenvalue weighted by Gasteiger charge is -2.27. The van der Waals surface area contributed by atoms with Crippen LogP contribution in [-0.2, 0) is 0 Å². The number of aryl methyl sites for hydroxylation is 2. The van der Waals surface area contributed by atoms with Crippen molar-refractivity contribution in [3.63, 3.8) is 0 Å². The van der Waals surface area contributed by atoms with Crippen LogP contribution in [0.25, 0.3) is 0 Å². The topological polar surface area (TPSA) is 82.4 Å². The van der Waals surface area contributed by atoms with E-state index < -0.39 is 0 Å². The maximum absolute atomic E-state index is 8.80. The second-order valence-corrected chi connectivity index (χ2v) is 7.76. The standard InChI is InChI=1S/C21H29N5S.2C2H6/c1-12(2)16-11-17(18(22)9-14(16)4)20(23)26(21(24)27)15-8-7-13(3)19(10-15)25(5)6;2*1-2/h7-12,23H,22H2,1-6H3,(H2,24,27);2*1-2H3. The highest BCUT2D eigenvalue weighted by Gasteiger charge is 2.21. The number of benzene rings is 2. The summed E-state index contributed by atoms with van der Waals surface area (Å²) >= 11 is 5.28. The molecule has 0 unspecified atom stereocenters. The number of thiocarbonyl (C=S) groups is 1. The van der Waals surface area contributed by atoms with Crippen molar-refractivity contribution in [2.75, 3.05) is 29.6 Å². The Bertz CT molecular complexity index is 888. The van der Waals surface area contributed by atoms with Crippen LogP contribution in [0, 0.1) is 19.3 Å². The highest BCUT2D eigenvalue weighted by Crippen LogP contribution is 2.29. The molecular weight excluding hydrogens is 402 g/mol. The minimum atomic E-state index is 0.111. The highest BCUT2D eigenvalue weighted by atomic mass is 32.1. The van der Waals surface area contributed by atoms with E-state index in [0.717, 1.165) is 28.1 Å². The van der Waals surface area contributed by atoms with Gasteiger partial charge in [0.15, 0.2) is 5.11 Å². The van der Waals surface area contributed by atoms with Crippen molar-refractivity contribution in [2.45, 2.75) is 61.3 Å². The number of amidine groups is 1. The Morgan fingerprint density at radius 3 is 1.97 bits per heavy atom. The van der Waals surface area contributed by atoms with Crippen LogP contribution in [0.3, 0.4) is 0 Å². The summed E-state index contributed by atoms with van der Waals surface area (Å²) in [5, 5.41) is 8.91. The fraction of sp³-hybridized carbons (Fsp3) is 0.440. The molecule has 5 nitrogen and oxygen atoms in total. The van der Waals surface area contributed by atoms with E-state index in [0.29, 0.717) is 17.2 Å². The molecule has 0 spiro atoms. The Balaban J connectivity index is 0.00000212. The summed E-state index contributed by atoms with van der Waals surface area (Å²) in [4.78, 5) is 3.59. The maximum atomic E-state index is 8.80. The molecule has 0 aliphatic heterocycles. The molecule has 2 aromatic rings. The van der Waals surface area contributed by atoms with Gasteiger partial charge in [-0.1, -0.05) is 47.6 Å². The van der Waals surface area contributed by atoms with Crippen molar-refractivity contribution < 1.29 is 0 Å². The van der Waals surface area contributed by atoms with Crippen molar-refractivity contribution in [3.05, 3.63) is 52.6 Å². The summed E-state index contributed by atoms with van der Waals surface area (Å²) in [6, 6.07) is 9.79. The molecule has 0 aliphatic rings. The van der Waals surface area contributed by atoms with Crippen molar-refractivity contribution in [1.29, 1.82) is 5.41 Å². The van der Waals surface area contributed by atoms with Gasteiger partial charge >= 0.3 is 0 Å². The number of rotatable bonds is 4. The van der Waals surface area contributed by atoms with Crippen LogP contribution < -0.4 is 21.3 Å². The van der Waals surface area contributed by atoms with Crippen LogP contribution in [0.4, 0.5) is 17.1 Å². The van der Waals surface area contributed by atoms with E-state index in [1.165, 1.54) is 0 Å². The van der Waals surface area contributed by atoms with Crippen molar-refractivity contribution in [1.82, 2.24) is 0 Å². The molecule has 5 N–H and O–H groups in total. The van der Waals surface area contributed by atoms with Gasteiger partial charge in [0.25, 0.3) is 0 Å². The van der Waals surface area contributed by atoms with Crippen molar-refractivity contribution in [2.24, 2.45) is 5.73 Å². The van der Waals surface area contributed by atoms with E-state index in [9.17, 15) is 0 Å². The van der Waals surface area contributed by atoms with Crippen LogP contribution in [0.5, 0.6) is 0 Å². The number of hydrogen-bond acceptors (Lipinski definition) is 4. The molecule has 0 atom stereocenters. The molecule has 2 aromatic carbocycles. The van der Waals surface area contributed by atoms with Crippen LogP contribution in [0.2, 0.25) is 0 Å². The van der Waals surface area contributed by atoms with E-state index in [2.05, 4.69) is 13.8 Å². The molecule has 0 radical (unpaired) electrons. The van der Waals surface area contributed by atoms with Crippen LogP contribution >= 0.6 is 12.2 Å². The van der Waals surface area contributed by atoms with E-state index in [4.69, 9.17) is 29.1 Å². The van der Waals surface area contributed by atoms with Crippen LogP contribution in [0.15, 0.2) is 30.3 Å². The summed E-state index contributed by atoms with van der Waals surface area (Å²) in [5.41, 5.74) is 18.6. The average molecular weight is 444 g/mol. The van der Waals surface area contributed by atoms with Gasteiger partial charge in [0.05, 0.1) is 5.69 Å². The van der Waals surface area contributed by atoms with Gasteiger partial charge in [-0.25, -0.2) is 0 Å². The van der Waals surface area contributed by atoms with Gasteiger partial charge in [-0.15, -0.1) is 0 Å². The van der Waals surface area contributed by atoms with Crippen LogP contribution in [-0.4, -0.2) is 25.0 Å². The lowest BCUT2D eigenvalue weighted by molar-refractivity contribution is 0.856. The number of hydrogen-bond donors (Lipinski definition) is 3. The molecule has 0 heterocycles. The zero-order valence-electron chi connectivity index (χ0n) is 20.9. The zero-order valence-corrected chi connectivity index (χ0v) is 21.7. The Hall–Kier alpha value is -2.60. The summed E-state index contributed by atoms with van der Waals surface area (Å²) in [6.07, 6.45) is 0. The molecule has 6 heteroatoms. The minimum Gasteiger partial charge on any atom is -0.398 e. The van der Waals surface area contributed by atoms with Gasteiger partial charge in [0.2, 0.25) is 0 Å². The third-order valence-electron chi connectivity index (χ3n) is 4.69. The summed E-state index contributed by atoms with van der Waals surface area (Å²) in [6.45, 7) is 16.3. The van der Waals surface area contributed by atoms with Gasteiger partial charge in [0, 0.05) is 31.0 Å². The lowest BCUT2D eigenvalue weighted by atomic mass is 9.94. The summed E-state index contributed by atoms with van der Waals surface area (Å²) in [5.74, 6) is 0.505. The monoisotopic (exact) mass is 443 g/mol. The average Bonchev–Trinajstić information content (AvgIpc) is 2.71. The summed E-state index contributed by atoms with van der Waals surface area (Å²) < 4.78 is 0. The maximum Gasteiger partial charge on any atom is 0.176 e. The van der Waals surface area contributed by atoms with Crippen molar-refractivity contribution in [3.8, 4) is 0 Å². The predicted molar refractivity (Wildman–Crippen MR) is 144 cm³/mol. The quantitative estimate of drug-likeness (QED) is 0.227. The Kier molecular flexibility index (Phi) is 11.9. The third kappa shape index (κ3) is 6.96. The SMILES string of the molecule is CC.CC.Cc1cc(N)c(C(=N)N(C(N)=S)c2ccc(C)c(N(C)C)c2)cc1C(C)C. The third-order valence-corrected chi connectivity index (χ3v) is 4.87. The predicted octanol–water partition coefficient (Wildman–Crippen LogP) is 6.20. The molecule has 0 amide bonds. The first-order valence-electron chi connectivity index (χ1n) is 10.9. The van der Waals surface area contributed by atoms with E-state index >= 15 is 0 Å². The number of nitrogens with zero attached hydrogens (tertiary/aromatic N) is 2. The van der Waals surface area contributed by atoms with E-state index in [-0.39, 0.29) is 10.9 Å². The molecule has 0 aliphatic carbocycles.